The first-order valence-electron chi connectivity index (χ1n) is 10.8. The Kier molecular flexibility index (Phi) is 4.74. The van der Waals surface area contributed by atoms with Crippen molar-refractivity contribution < 1.29 is 27.5 Å². The minimum atomic E-state index is -3.77. The number of likely N-dealkylation sites (N-methyl/N-ethyl adjacent to an activating group) is 1. The van der Waals surface area contributed by atoms with Crippen LogP contribution < -0.4 is 19.9 Å². The highest BCUT2D eigenvalue weighted by atomic mass is 19.3. The summed E-state index contributed by atoms with van der Waals surface area (Å²) in [7, 11) is 0. The van der Waals surface area contributed by atoms with Gasteiger partial charge in [0.1, 0.15) is 28.8 Å². The van der Waals surface area contributed by atoms with Gasteiger partial charge >= 0.3 is 6.29 Å². The monoisotopic (exact) mass is 494 g/mol. The summed E-state index contributed by atoms with van der Waals surface area (Å²) in [6, 6.07) is 9.25. The first-order chi connectivity index (χ1) is 17.3. The zero-order valence-corrected chi connectivity index (χ0v) is 18.6. The van der Waals surface area contributed by atoms with Crippen LogP contribution >= 0.6 is 0 Å². The number of alkyl halides is 2. The van der Waals surface area contributed by atoms with Gasteiger partial charge in [-0.3, -0.25) is 9.59 Å². The highest BCUT2D eigenvalue weighted by molar-refractivity contribution is 5.94. The fourth-order valence-electron chi connectivity index (χ4n) is 4.11. The van der Waals surface area contributed by atoms with Gasteiger partial charge in [-0.15, -0.1) is 8.78 Å². The van der Waals surface area contributed by atoms with E-state index in [4.69, 9.17) is 4.42 Å². The van der Waals surface area contributed by atoms with Gasteiger partial charge in [0.25, 0.3) is 5.56 Å². The molecule has 36 heavy (non-hydrogen) atoms. The molecular weight excluding hydrogens is 478 g/mol. The van der Waals surface area contributed by atoms with E-state index in [9.17, 15) is 18.4 Å². The lowest BCUT2D eigenvalue weighted by Crippen LogP contribution is -2.37. The van der Waals surface area contributed by atoms with Crippen molar-refractivity contribution in [1.29, 1.82) is 0 Å². The molecule has 0 unspecified atom stereocenters. The molecule has 0 fully saturated rings. The average molecular weight is 494 g/mol. The molecule has 6 rings (SSSR count). The van der Waals surface area contributed by atoms with Crippen LogP contribution in [-0.4, -0.2) is 43.5 Å². The Morgan fingerprint density at radius 3 is 2.81 bits per heavy atom. The van der Waals surface area contributed by atoms with Gasteiger partial charge in [-0.1, -0.05) is 0 Å². The number of imidazole rings is 1. The molecule has 1 aliphatic heterocycles. The normalized spacial score (nSPS) is 14.0. The summed E-state index contributed by atoms with van der Waals surface area (Å²) in [5.41, 5.74) is 2.46. The Bertz CT molecular complexity index is 1710. The highest BCUT2D eigenvalue weighted by Crippen LogP contribution is 2.42. The van der Waals surface area contributed by atoms with Crippen LogP contribution in [0.3, 0.4) is 0 Å². The van der Waals surface area contributed by atoms with E-state index in [0.717, 1.165) is 4.68 Å². The second-order valence-electron chi connectivity index (χ2n) is 7.91. The van der Waals surface area contributed by atoms with Gasteiger partial charge in [0.05, 0.1) is 6.33 Å². The number of H-pyrrole nitrogens is 1. The summed E-state index contributed by atoms with van der Waals surface area (Å²) in [6.07, 6.45) is -1.08. The number of hydrogen-bond acceptors (Lipinski definition) is 8. The lowest BCUT2D eigenvalue weighted by Gasteiger charge is -2.21. The molecule has 0 spiro atoms. The third kappa shape index (κ3) is 3.52. The molecule has 0 aliphatic carbocycles. The number of aromatic nitrogens is 5. The molecule has 1 amide bonds. The number of fused-ring (bicyclic) bond motifs is 3. The largest absolute Gasteiger partial charge is 0.586 e. The van der Waals surface area contributed by atoms with Crippen LogP contribution in [0.25, 0.3) is 33.4 Å². The molecule has 3 aromatic heterocycles. The molecule has 1 aliphatic rings. The van der Waals surface area contributed by atoms with Crippen LogP contribution in [0.1, 0.15) is 6.92 Å². The van der Waals surface area contributed by atoms with Crippen molar-refractivity contribution in [3.8, 4) is 22.8 Å². The average Bonchev–Trinajstić information content (AvgIpc) is 3.58. The number of hydrogen-bond donors (Lipinski definition) is 1. The molecular formula is C23H16F2N6O5. The molecule has 11 nitrogen and oxygen atoms in total. The van der Waals surface area contributed by atoms with Crippen LogP contribution in [0.4, 0.5) is 14.5 Å². The Morgan fingerprint density at radius 2 is 1.97 bits per heavy atom. The third-order valence-electron chi connectivity index (χ3n) is 5.74. The topological polar surface area (TPSA) is 128 Å². The minimum Gasteiger partial charge on any atom is -0.443 e. The second-order valence-corrected chi connectivity index (χ2v) is 7.91. The van der Waals surface area contributed by atoms with E-state index in [0.29, 0.717) is 33.6 Å². The lowest BCUT2D eigenvalue weighted by atomic mass is 10.1. The van der Waals surface area contributed by atoms with Crippen LogP contribution in [0.15, 0.2) is 58.3 Å². The van der Waals surface area contributed by atoms with Gasteiger partial charge in [-0.2, -0.15) is 5.10 Å². The van der Waals surface area contributed by atoms with Crippen molar-refractivity contribution in [3.05, 3.63) is 59.5 Å². The summed E-state index contributed by atoms with van der Waals surface area (Å²) in [6.45, 7) is 1.50. The number of rotatable bonds is 5. The summed E-state index contributed by atoms with van der Waals surface area (Å²) < 4.78 is 42.0. The molecule has 0 saturated heterocycles. The number of carbonyl (C=O) groups excluding carboxylic acids is 1. The summed E-state index contributed by atoms with van der Waals surface area (Å²) >= 11 is 0. The number of nitrogens with zero attached hydrogens (tertiary/aromatic N) is 5. The van der Waals surface area contributed by atoms with Crippen molar-refractivity contribution in [2.75, 3.05) is 11.4 Å². The van der Waals surface area contributed by atoms with Crippen LogP contribution in [-0.2, 0) is 11.3 Å². The number of aromatic amines is 1. The first-order valence-corrected chi connectivity index (χ1v) is 10.8. The summed E-state index contributed by atoms with van der Waals surface area (Å²) in [5, 5.41) is 4.43. The van der Waals surface area contributed by atoms with Crippen LogP contribution in [0.2, 0.25) is 0 Å². The van der Waals surface area contributed by atoms with Gasteiger partial charge in [0, 0.05) is 23.9 Å². The lowest BCUT2D eigenvalue weighted by molar-refractivity contribution is -0.286. The maximum Gasteiger partial charge on any atom is 0.586 e. The maximum atomic E-state index is 13.4. The number of ether oxygens (including phenoxy) is 2. The smallest absolute Gasteiger partial charge is 0.443 e. The standard InChI is InChI=1S/C23H16F2N6O5/c1-2-30(13-4-6-16-17(8-13)36-23(24,25)35-16)18(32)9-31-22(33)21-20(26-10-27-21)19(29-31)12-3-5-15-14(7-12)28-11-34-15/h3-8,10-11H,2,9H2,1H3,(H,26,27). The number of halogens is 2. The molecule has 4 heterocycles. The van der Waals surface area contributed by atoms with E-state index in [2.05, 4.69) is 29.5 Å². The summed E-state index contributed by atoms with van der Waals surface area (Å²) in [4.78, 5) is 38.8. The highest BCUT2D eigenvalue weighted by Gasteiger charge is 2.43. The quantitative estimate of drug-likeness (QED) is 0.394. The number of anilines is 1. The molecule has 182 valence electrons. The van der Waals surface area contributed by atoms with Crippen LogP contribution in [0.5, 0.6) is 11.5 Å². The van der Waals surface area contributed by atoms with Gasteiger partial charge in [-0.05, 0) is 37.3 Å². The molecule has 1 N–H and O–H groups in total. The van der Waals surface area contributed by atoms with Crippen molar-refractivity contribution in [2.45, 2.75) is 19.8 Å². The van der Waals surface area contributed by atoms with E-state index in [1.54, 1.807) is 25.1 Å². The fourth-order valence-corrected chi connectivity index (χ4v) is 4.11. The molecule has 5 aromatic rings. The molecule has 0 saturated carbocycles. The Hall–Kier alpha value is -4.81. The van der Waals surface area contributed by atoms with Crippen molar-refractivity contribution in [3.63, 3.8) is 0 Å². The van der Waals surface area contributed by atoms with Crippen molar-refractivity contribution in [2.24, 2.45) is 0 Å². The molecule has 2 aromatic carbocycles. The Balaban J connectivity index is 1.36. The Morgan fingerprint density at radius 1 is 1.14 bits per heavy atom. The molecule has 0 bridgehead atoms. The van der Waals surface area contributed by atoms with Gasteiger partial charge in [0.2, 0.25) is 5.91 Å². The minimum absolute atomic E-state index is 0.136. The Labute approximate surface area is 199 Å². The number of oxazole rings is 1. The number of nitrogens with one attached hydrogen (secondary N) is 1. The zero-order valence-electron chi connectivity index (χ0n) is 18.6. The molecule has 0 atom stereocenters. The van der Waals surface area contributed by atoms with Gasteiger partial charge in [-0.25, -0.2) is 14.6 Å². The predicted molar refractivity (Wildman–Crippen MR) is 122 cm³/mol. The second kappa shape index (κ2) is 7.86. The van der Waals surface area contributed by atoms with Gasteiger partial charge < -0.3 is 23.8 Å². The van der Waals surface area contributed by atoms with E-state index < -0.39 is 24.3 Å². The number of carbonyl (C=O) groups is 1. The maximum absolute atomic E-state index is 13.4. The summed E-state index contributed by atoms with van der Waals surface area (Å²) in [5.74, 6) is -0.818. The van der Waals surface area contributed by atoms with E-state index in [1.807, 2.05) is 0 Å². The number of benzene rings is 2. The first kappa shape index (κ1) is 21.7. The predicted octanol–water partition coefficient (Wildman–Crippen LogP) is 3.30. The fraction of sp³-hybridized carbons (Fsp3) is 0.174. The SMILES string of the molecule is CCN(C(=O)Cn1nc(-c2ccc3ocnc3c2)c2nc[nH]c2c1=O)c1ccc2c(c1)OC(F)(F)O2. The molecule has 13 heteroatoms. The van der Waals surface area contributed by atoms with E-state index in [1.165, 1.54) is 35.8 Å². The molecule has 0 radical (unpaired) electrons. The number of amides is 1. The van der Waals surface area contributed by atoms with E-state index >= 15 is 0 Å². The van der Waals surface area contributed by atoms with Crippen molar-refractivity contribution >= 4 is 33.7 Å². The van der Waals surface area contributed by atoms with Crippen LogP contribution in [0, 0.1) is 0 Å². The van der Waals surface area contributed by atoms with Crippen molar-refractivity contribution in [1.82, 2.24) is 24.7 Å². The van der Waals surface area contributed by atoms with Gasteiger partial charge in [0.15, 0.2) is 23.5 Å². The zero-order chi connectivity index (χ0) is 25.0. The van der Waals surface area contributed by atoms with E-state index in [-0.39, 0.29) is 23.6 Å². The third-order valence-corrected chi connectivity index (χ3v) is 5.74.